The fourth-order valence-electron chi connectivity index (χ4n) is 2.61. The summed E-state index contributed by atoms with van der Waals surface area (Å²) in [5, 5.41) is 11.1. The predicted molar refractivity (Wildman–Crippen MR) is 100 cm³/mol. The molecule has 0 spiro atoms. The second kappa shape index (κ2) is 8.29. The number of nitrogens with two attached hydrogens (primary N) is 1. The molecule has 1 atom stereocenters. The van der Waals surface area contributed by atoms with Crippen LogP contribution in [0.15, 0.2) is 28.7 Å². The predicted octanol–water partition coefficient (Wildman–Crippen LogP) is 2.32. The Bertz CT molecular complexity index is 702. The third kappa shape index (κ3) is 4.08. The van der Waals surface area contributed by atoms with Crippen LogP contribution in [-0.2, 0) is 29.8 Å². The minimum Gasteiger partial charge on any atom is -0.347 e. The number of aryl methyl sites for hydroxylation is 1. The number of hydrogen-bond donors (Lipinski definition) is 2. The van der Waals surface area contributed by atoms with Crippen molar-refractivity contribution in [2.24, 2.45) is 5.73 Å². The molecule has 1 aromatic carbocycles. The molecule has 0 saturated carbocycles. The molecule has 1 aliphatic heterocycles. The van der Waals surface area contributed by atoms with Gasteiger partial charge in [0.1, 0.15) is 11.4 Å². The van der Waals surface area contributed by atoms with Crippen molar-refractivity contribution in [2.75, 3.05) is 0 Å². The number of carbonyl (C=O) groups excluding carboxylic acids is 1. The summed E-state index contributed by atoms with van der Waals surface area (Å²) >= 11 is 3.38. The molecule has 0 bridgehead atoms. The number of carbonyl (C=O) groups is 1. The highest BCUT2D eigenvalue weighted by atomic mass is 79.9. The lowest BCUT2D eigenvalue weighted by atomic mass is 9.92. The molecule has 3 rings (SSSR count). The summed E-state index contributed by atoms with van der Waals surface area (Å²) in [5.74, 6) is 1.55. The van der Waals surface area contributed by atoms with Crippen LogP contribution >= 0.6 is 40.7 Å². The van der Waals surface area contributed by atoms with Crippen molar-refractivity contribution in [3.05, 3.63) is 46.0 Å². The summed E-state index contributed by atoms with van der Waals surface area (Å²) in [6.45, 7) is 2.97. The second-order valence-corrected chi connectivity index (χ2v) is 6.60. The first-order valence-electron chi connectivity index (χ1n) is 7.22. The van der Waals surface area contributed by atoms with Gasteiger partial charge in [-0.15, -0.1) is 35.0 Å². The van der Waals surface area contributed by atoms with Gasteiger partial charge >= 0.3 is 0 Å². The highest BCUT2D eigenvalue weighted by molar-refractivity contribution is 9.10. The minimum absolute atomic E-state index is 0. The van der Waals surface area contributed by atoms with Crippen LogP contribution in [0.3, 0.4) is 0 Å². The van der Waals surface area contributed by atoms with Gasteiger partial charge in [-0.2, -0.15) is 0 Å². The van der Waals surface area contributed by atoms with Crippen molar-refractivity contribution in [3.63, 3.8) is 0 Å². The summed E-state index contributed by atoms with van der Waals surface area (Å²) in [5.41, 5.74) is 5.89. The zero-order chi connectivity index (χ0) is 15.7. The summed E-state index contributed by atoms with van der Waals surface area (Å²) in [6.07, 6.45) is 2.04. The van der Waals surface area contributed by atoms with E-state index in [9.17, 15) is 4.79 Å². The number of benzene rings is 1. The Balaban J connectivity index is 0.00000144. The van der Waals surface area contributed by atoms with Crippen molar-refractivity contribution in [3.8, 4) is 0 Å². The fraction of sp³-hybridized carbons (Fsp3) is 0.400. The van der Waals surface area contributed by atoms with E-state index in [-0.39, 0.29) is 30.7 Å². The van der Waals surface area contributed by atoms with E-state index in [1.54, 1.807) is 6.92 Å². The highest BCUT2D eigenvalue weighted by Crippen LogP contribution is 2.21. The van der Waals surface area contributed by atoms with Crippen molar-refractivity contribution in [2.45, 2.75) is 38.4 Å². The molecule has 1 amide bonds. The van der Waals surface area contributed by atoms with E-state index in [1.165, 1.54) is 0 Å². The third-order valence-corrected chi connectivity index (χ3v) is 4.54. The van der Waals surface area contributed by atoms with Crippen LogP contribution in [0.5, 0.6) is 0 Å². The van der Waals surface area contributed by atoms with Gasteiger partial charge in [0.2, 0.25) is 5.91 Å². The van der Waals surface area contributed by atoms with Crippen molar-refractivity contribution < 1.29 is 4.79 Å². The van der Waals surface area contributed by atoms with Crippen molar-refractivity contribution >= 4 is 46.7 Å². The van der Waals surface area contributed by atoms with Gasteiger partial charge in [0, 0.05) is 17.4 Å². The SMILES string of the molecule is CC(N)(C(=O)NCc1nnc2n1CCC2)c1ccc(Br)cc1.Cl.Cl. The molecule has 3 N–H and O–H groups in total. The lowest BCUT2D eigenvalue weighted by molar-refractivity contribution is -0.126. The number of fused-ring (bicyclic) bond motifs is 1. The van der Waals surface area contributed by atoms with Crippen LogP contribution in [0.4, 0.5) is 0 Å². The average molecular weight is 437 g/mol. The molecule has 0 saturated heterocycles. The number of halogens is 3. The van der Waals surface area contributed by atoms with Gasteiger partial charge in [-0.1, -0.05) is 28.1 Å². The topological polar surface area (TPSA) is 85.8 Å². The summed E-state index contributed by atoms with van der Waals surface area (Å²) in [7, 11) is 0. The first-order valence-corrected chi connectivity index (χ1v) is 8.02. The molecule has 0 fully saturated rings. The van der Waals surface area contributed by atoms with Gasteiger partial charge in [-0.3, -0.25) is 4.79 Å². The Labute approximate surface area is 161 Å². The molecule has 24 heavy (non-hydrogen) atoms. The van der Waals surface area contributed by atoms with Crippen molar-refractivity contribution in [1.82, 2.24) is 20.1 Å². The first kappa shape index (κ1) is 20.9. The Morgan fingerprint density at radius 3 is 2.67 bits per heavy atom. The van der Waals surface area contributed by atoms with Crippen LogP contribution in [0.2, 0.25) is 0 Å². The summed E-state index contributed by atoms with van der Waals surface area (Å²) in [6, 6.07) is 7.44. The number of amides is 1. The Hall–Kier alpha value is -1.15. The Kier molecular flexibility index (Phi) is 7.22. The number of aromatic nitrogens is 3. The number of rotatable bonds is 4. The molecule has 0 aliphatic carbocycles. The zero-order valence-electron chi connectivity index (χ0n) is 13.2. The van der Waals surface area contributed by atoms with E-state index in [0.29, 0.717) is 6.54 Å². The first-order chi connectivity index (χ1) is 10.5. The molecular formula is C15H20BrCl2N5O. The molecule has 9 heteroatoms. The number of nitrogens with zero attached hydrogens (tertiary/aromatic N) is 3. The van der Waals surface area contributed by atoms with Gasteiger partial charge < -0.3 is 15.6 Å². The van der Waals surface area contributed by atoms with Crippen LogP contribution in [0.1, 0.15) is 30.6 Å². The van der Waals surface area contributed by atoms with Gasteiger partial charge in [0.15, 0.2) is 5.82 Å². The maximum absolute atomic E-state index is 12.4. The average Bonchev–Trinajstić information content (AvgIpc) is 3.08. The van der Waals surface area contributed by atoms with Crippen molar-refractivity contribution in [1.29, 1.82) is 0 Å². The van der Waals surface area contributed by atoms with Crippen LogP contribution in [0.25, 0.3) is 0 Å². The highest BCUT2D eigenvalue weighted by Gasteiger charge is 2.30. The molecule has 0 radical (unpaired) electrons. The normalized spacial score (nSPS) is 14.8. The molecule has 132 valence electrons. The maximum atomic E-state index is 12.4. The van der Waals surface area contributed by atoms with Gasteiger partial charge in [0.25, 0.3) is 0 Å². The van der Waals surface area contributed by atoms with Crippen LogP contribution in [0, 0.1) is 0 Å². The van der Waals surface area contributed by atoms with E-state index < -0.39 is 5.54 Å². The molecule has 2 heterocycles. The largest absolute Gasteiger partial charge is 0.347 e. The smallest absolute Gasteiger partial charge is 0.244 e. The zero-order valence-corrected chi connectivity index (χ0v) is 16.4. The molecule has 1 aliphatic rings. The Morgan fingerprint density at radius 2 is 2.00 bits per heavy atom. The molecule has 1 unspecified atom stereocenters. The number of nitrogens with one attached hydrogen (secondary N) is 1. The van der Waals surface area contributed by atoms with Gasteiger partial charge in [-0.25, -0.2) is 0 Å². The summed E-state index contributed by atoms with van der Waals surface area (Å²) in [4.78, 5) is 12.4. The van der Waals surface area contributed by atoms with Crippen LogP contribution < -0.4 is 11.1 Å². The van der Waals surface area contributed by atoms with Gasteiger partial charge in [0.05, 0.1) is 6.54 Å². The molecule has 1 aromatic heterocycles. The van der Waals surface area contributed by atoms with E-state index in [4.69, 9.17) is 5.73 Å². The van der Waals surface area contributed by atoms with E-state index >= 15 is 0 Å². The monoisotopic (exact) mass is 435 g/mol. The second-order valence-electron chi connectivity index (χ2n) is 5.68. The lowest BCUT2D eigenvalue weighted by Gasteiger charge is -2.24. The minimum atomic E-state index is -1.09. The third-order valence-electron chi connectivity index (χ3n) is 4.01. The number of hydrogen-bond acceptors (Lipinski definition) is 4. The standard InChI is InChI=1S/C15H18BrN5O.2ClH/c1-15(17,10-4-6-11(16)7-5-10)14(22)18-9-13-20-19-12-3-2-8-21(12)13;;/h4-7H,2-3,8-9,17H2,1H3,(H,18,22);2*1H. The summed E-state index contributed by atoms with van der Waals surface area (Å²) < 4.78 is 3.01. The quantitative estimate of drug-likeness (QED) is 0.769. The molecular weight excluding hydrogens is 417 g/mol. The van der Waals surface area contributed by atoms with Crippen LogP contribution in [-0.4, -0.2) is 20.7 Å². The fourth-order valence-corrected chi connectivity index (χ4v) is 2.88. The Morgan fingerprint density at radius 1 is 1.33 bits per heavy atom. The van der Waals surface area contributed by atoms with E-state index in [2.05, 4.69) is 36.0 Å². The molecule has 6 nitrogen and oxygen atoms in total. The lowest BCUT2D eigenvalue weighted by Crippen LogP contribution is -2.48. The maximum Gasteiger partial charge on any atom is 0.244 e. The van der Waals surface area contributed by atoms with Gasteiger partial charge in [-0.05, 0) is 31.0 Å². The van der Waals surface area contributed by atoms with E-state index in [0.717, 1.165) is 41.1 Å². The molecule has 2 aromatic rings. The van der Waals surface area contributed by atoms with E-state index in [1.807, 2.05) is 24.3 Å².